The van der Waals surface area contributed by atoms with Crippen LogP contribution in [0.1, 0.15) is 5.01 Å². The minimum absolute atomic E-state index is 0.0125. The SMILES string of the molecule is COC(=O)N(c1ccccc1)c1ccc2nc(CC(=O)NCC(=O)O)sc2c1. The number of carbonyl (C=O) groups is 3. The van der Waals surface area contributed by atoms with Crippen molar-refractivity contribution in [1.82, 2.24) is 10.3 Å². The van der Waals surface area contributed by atoms with Gasteiger partial charge in [0.25, 0.3) is 0 Å². The number of aliphatic carboxylic acids is 1. The summed E-state index contributed by atoms with van der Waals surface area (Å²) in [6, 6.07) is 14.4. The van der Waals surface area contributed by atoms with Crippen LogP contribution in [0, 0.1) is 0 Å². The summed E-state index contributed by atoms with van der Waals surface area (Å²) in [5, 5.41) is 11.5. The van der Waals surface area contributed by atoms with E-state index in [9.17, 15) is 14.4 Å². The molecule has 0 radical (unpaired) electrons. The van der Waals surface area contributed by atoms with Crippen molar-refractivity contribution in [1.29, 1.82) is 0 Å². The van der Waals surface area contributed by atoms with Gasteiger partial charge in [-0.05, 0) is 30.3 Å². The molecule has 2 aromatic carbocycles. The van der Waals surface area contributed by atoms with Crippen molar-refractivity contribution < 1.29 is 24.2 Å². The number of nitrogens with one attached hydrogen (secondary N) is 1. The van der Waals surface area contributed by atoms with Gasteiger partial charge in [-0.1, -0.05) is 18.2 Å². The van der Waals surface area contributed by atoms with E-state index in [0.717, 1.165) is 4.70 Å². The van der Waals surface area contributed by atoms with Crippen molar-refractivity contribution >= 4 is 50.9 Å². The molecule has 0 aliphatic carbocycles. The Balaban J connectivity index is 1.87. The van der Waals surface area contributed by atoms with Gasteiger partial charge in [-0.2, -0.15) is 0 Å². The predicted octanol–water partition coefficient (Wildman–Crippen LogP) is 2.94. The van der Waals surface area contributed by atoms with E-state index in [1.54, 1.807) is 30.3 Å². The first-order valence-corrected chi connectivity index (χ1v) is 9.10. The number of methoxy groups -OCH3 is 1. The van der Waals surface area contributed by atoms with Gasteiger partial charge in [0.15, 0.2) is 0 Å². The Morgan fingerprint density at radius 2 is 1.89 bits per heavy atom. The zero-order valence-corrected chi connectivity index (χ0v) is 15.7. The van der Waals surface area contributed by atoms with Crippen LogP contribution in [0.3, 0.4) is 0 Å². The maximum atomic E-state index is 12.3. The number of carboxylic acids is 1. The molecular weight excluding hydrogens is 382 g/mol. The van der Waals surface area contributed by atoms with Crippen LogP contribution in [-0.4, -0.2) is 41.7 Å². The van der Waals surface area contributed by atoms with Crippen LogP contribution in [0.2, 0.25) is 0 Å². The normalized spacial score (nSPS) is 10.5. The lowest BCUT2D eigenvalue weighted by Crippen LogP contribution is -2.30. The number of carboxylic acid groups (broad SMARTS) is 1. The van der Waals surface area contributed by atoms with Crippen molar-refractivity contribution in [2.45, 2.75) is 6.42 Å². The van der Waals surface area contributed by atoms with Crippen LogP contribution in [0.15, 0.2) is 48.5 Å². The van der Waals surface area contributed by atoms with E-state index in [0.29, 0.717) is 21.9 Å². The van der Waals surface area contributed by atoms with Gasteiger partial charge in [-0.3, -0.25) is 9.59 Å². The fourth-order valence-electron chi connectivity index (χ4n) is 2.58. The Morgan fingerprint density at radius 3 is 2.57 bits per heavy atom. The molecule has 0 aliphatic rings. The van der Waals surface area contributed by atoms with Gasteiger partial charge < -0.3 is 15.2 Å². The van der Waals surface area contributed by atoms with Crippen LogP contribution >= 0.6 is 11.3 Å². The third-order valence-electron chi connectivity index (χ3n) is 3.79. The monoisotopic (exact) mass is 399 g/mol. The number of amides is 2. The van der Waals surface area contributed by atoms with Crippen molar-refractivity contribution in [3.63, 3.8) is 0 Å². The standard InChI is InChI=1S/C19H17N3O5S/c1-27-19(26)22(12-5-3-2-4-6-12)13-7-8-14-15(9-13)28-17(21-14)10-16(23)20-11-18(24)25/h2-9H,10-11H2,1H3,(H,20,23)(H,24,25). The van der Waals surface area contributed by atoms with E-state index < -0.39 is 24.5 Å². The average Bonchev–Trinajstić information content (AvgIpc) is 3.08. The number of benzene rings is 2. The van der Waals surface area contributed by atoms with E-state index in [4.69, 9.17) is 9.84 Å². The van der Waals surface area contributed by atoms with Gasteiger partial charge in [-0.15, -0.1) is 11.3 Å². The Kier molecular flexibility index (Phi) is 5.85. The molecule has 0 saturated heterocycles. The molecule has 0 aliphatic heterocycles. The molecule has 144 valence electrons. The fourth-order valence-corrected chi connectivity index (χ4v) is 3.58. The third-order valence-corrected chi connectivity index (χ3v) is 4.81. The summed E-state index contributed by atoms with van der Waals surface area (Å²) in [6.07, 6.45) is -0.537. The number of aromatic nitrogens is 1. The lowest BCUT2D eigenvalue weighted by atomic mass is 10.2. The number of hydrogen-bond donors (Lipinski definition) is 2. The van der Waals surface area contributed by atoms with E-state index in [1.807, 2.05) is 18.2 Å². The highest BCUT2D eigenvalue weighted by Gasteiger charge is 2.19. The van der Waals surface area contributed by atoms with E-state index in [2.05, 4.69) is 10.3 Å². The van der Waals surface area contributed by atoms with Crippen LogP contribution in [-0.2, 0) is 20.7 Å². The Bertz CT molecular complexity index is 1020. The molecule has 0 saturated carbocycles. The molecule has 8 nitrogen and oxygen atoms in total. The van der Waals surface area contributed by atoms with Crippen molar-refractivity contribution in [2.75, 3.05) is 18.6 Å². The molecule has 0 bridgehead atoms. The van der Waals surface area contributed by atoms with Crippen LogP contribution in [0.4, 0.5) is 16.2 Å². The number of ether oxygens (including phenoxy) is 1. The van der Waals surface area contributed by atoms with Crippen molar-refractivity contribution in [3.8, 4) is 0 Å². The molecule has 1 aromatic heterocycles. The largest absolute Gasteiger partial charge is 0.480 e. The van der Waals surface area contributed by atoms with Crippen LogP contribution in [0.25, 0.3) is 10.2 Å². The highest BCUT2D eigenvalue weighted by molar-refractivity contribution is 7.18. The minimum atomic E-state index is -1.11. The molecule has 0 spiro atoms. The Hall–Kier alpha value is -3.46. The lowest BCUT2D eigenvalue weighted by Gasteiger charge is -2.21. The Morgan fingerprint density at radius 1 is 1.14 bits per heavy atom. The summed E-state index contributed by atoms with van der Waals surface area (Å²) >= 11 is 1.31. The number of carbonyl (C=O) groups excluding carboxylic acids is 2. The van der Waals surface area contributed by atoms with E-state index in [1.165, 1.54) is 23.3 Å². The maximum Gasteiger partial charge on any atom is 0.418 e. The molecule has 1 heterocycles. The van der Waals surface area contributed by atoms with Gasteiger partial charge >= 0.3 is 12.1 Å². The molecule has 0 atom stereocenters. The van der Waals surface area contributed by atoms with Crippen LogP contribution < -0.4 is 10.2 Å². The van der Waals surface area contributed by atoms with Gasteiger partial charge in [-0.25, -0.2) is 14.7 Å². The van der Waals surface area contributed by atoms with Gasteiger partial charge in [0.05, 0.1) is 35.1 Å². The topological polar surface area (TPSA) is 109 Å². The first-order chi connectivity index (χ1) is 13.5. The molecule has 3 aromatic rings. The number of anilines is 2. The number of rotatable bonds is 6. The Labute approximate surface area is 164 Å². The fraction of sp³-hybridized carbons (Fsp3) is 0.158. The average molecular weight is 399 g/mol. The summed E-state index contributed by atoms with van der Waals surface area (Å²) in [5.74, 6) is -1.52. The lowest BCUT2D eigenvalue weighted by molar-refractivity contribution is -0.137. The molecule has 0 unspecified atom stereocenters. The second kappa shape index (κ2) is 8.49. The molecule has 28 heavy (non-hydrogen) atoms. The predicted molar refractivity (Wildman–Crippen MR) is 105 cm³/mol. The molecule has 9 heteroatoms. The third kappa shape index (κ3) is 4.44. The smallest absolute Gasteiger partial charge is 0.418 e. The van der Waals surface area contributed by atoms with Gasteiger partial charge in [0, 0.05) is 0 Å². The van der Waals surface area contributed by atoms with E-state index >= 15 is 0 Å². The van der Waals surface area contributed by atoms with Crippen molar-refractivity contribution in [3.05, 3.63) is 53.5 Å². The number of fused-ring (bicyclic) bond motifs is 1. The maximum absolute atomic E-state index is 12.3. The number of hydrogen-bond acceptors (Lipinski definition) is 6. The zero-order valence-electron chi connectivity index (χ0n) is 14.9. The first kappa shape index (κ1) is 19.3. The number of para-hydroxylation sites is 1. The summed E-state index contributed by atoms with van der Waals surface area (Å²) in [6.45, 7) is -0.432. The molecule has 0 fully saturated rings. The summed E-state index contributed by atoms with van der Waals surface area (Å²) in [4.78, 5) is 40.5. The van der Waals surface area contributed by atoms with Gasteiger partial charge in [0.1, 0.15) is 11.6 Å². The quantitative estimate of drug-likeness (QED) is 0.660. The summed E-state index contributed by atoms with van der Waals surface area (Å²) < 4.78 is 5.71. The molecule has 3 rings (SSSR count). The molecule has 2 amide bonds. The molecule has 2 N–H and O–H groups in total. The second-order valence-electron chi connectivity index (χ2n) is 5.75. The minimum Gasteiger partial charge on any atom is -0.480 e. The number of nitrogens with zero attached hydrogens (tertiary/aromatic N) is 2. The van der Waals surface area contributed by atoms with E-state index in [-0.39, 0.29) is 6.42 Å². The second-order valence-corrected chi connectivity index (χ2v) is 6.86. The summed E-state index contributed by atoms with van der Waals surface area (Å²) in [7, 11) is 1.32. The zero-order chi connectivity index (χ0) is 20.1. The highest BCUT2D eigenvalue weighted by Crippen LogP contribution is 2.31. The van der Waals surface area contributed by atoms with Gasteiger partial charge in [0.2, 0.25) is 5.91 Å². The molecular formula is C19H17N3O5S. The van der Waals surface area contributed by atoms with Crippen LogP contribution in [0.5, 0.6) is 0 Å². The first-order valence-electron chi connectivity index (χ1n) is 8.29. The highest BCUT2D eigenvalue weighted by atomic mass is 32.1. The summed E-state index contributed by atoms with van der Waals surface area (Å²) in [5.41, 5.74) is 1.95. The van der Waals surface area contributed by atoms with Crippen molar-refractivity contribution in [2.24, 2.45) is 0 Å². The number of thiazole rings is 1.